The molecule has 21 nitrogen and oxygen atoms in total. The van der Waals surface area contributed by atoms with Crippen molar-refractivity contribution in [3.63, 3.8) is 0 Å². The molecule has 0 radical (unpaired) electrons. The van der Waals surface area contributed by atoms with Gasteiger partial charge in [-0.15, -0.1) is 5.06 Å². The normalized spacial score (nSPS) is 17.4. The fourth-order valence-corrected chi connectivity index (χ4v) is 13.5. The van der Waals surface area contributed by atoms with Crippen LogP contribution in [0.5, 0.6) is 5.75 Å². The summed E-state index contributed by atoms with van der Waals surface area (Å²) < 4.78 is 143. The smallest absolute Gasteiger partial charge is 0.457 e. The topological polar surface area (TPSA) is 300 Å². The molecule has 0 atom stereocenters. The predicted octanol–water partition coefficient (Wildman–Crippen LogP) is -3.03. The van der Waals surface area contributed by atoms with E-state index in [1.165, 1.54) is 24.3 Å². The van der Waals surface area contributed by atoms with Gasteiger partial charge in [0.05, 0.1) is 27.6 Å². The molecule has 2 amide bonds. The van der Waals surface area contributed by atoms with Crippen molar-refractivity contribution in [2.45, 2.75) is 120 Å². The summed E-state index contributed by atoms with van der Waals surface area (Å²) >= 11 is 0. The molecule has 0 saturated carbocycles. The first-order valence-corrected chi connectivity index (χ1v) is 34.0. The minimum absolute atomic E-state index is 0. The maximum atomic E-state index is 12.7. The van der Waals surface area contributed by atoms with E-state index in [0.717, 1.165) is 50.1 Å². The molecule has 0 spiro atoms. The number of carbonyl (C=O) groups is 3. The molecule has 4 aromatic carbocycles. The average Bonchev–Trinajstić information content (AvgIpc) is 1.62. The summed E-state index contributed by atoms with van der Waals surface area (Å²) in [4.78, 5) is 45.3. The molecule has 88 heavy (non-hydrogen) atoms. The predicted molar refractivity (Wildman–Crippen MR) is 318 cm³/mol. The minimum Gasteiger partial charge on any atom is -0.457 e. The first-order valence-electron chi connectivity index (χ1n) is 27.8. The van der Waals surface area contributed by atoms with Gasteiger partial charge < -0.3 is 19.4 Å². The van der Waals surface area contributed by atoms with Crippen molar-refractivity contribution in [2.75, 3.05) is 53.2 Å². The second-order valence-corrected chi connectivity index (χ2v) is 28.6. The number of hydrogen-bond acceptors (Lipinski definition) is 15. The molecular weight excluding hydrogens is 1260 g/mol. The van der Waals surface area contributed by atoms with Crippen LogP contribution in [0.2, 0.25) is 0 Å². The van der Waals surface area contributed by atoms with E-state index in [0.29, 0.717) is 67.3 Å². The number of fused-ring (bicyclic) bond motifs is 4. The SMILES string of the molecule is CC1(C)C(/C=C/C2=C(Oc3ccc(S(=O)(=O)O)cc3)C(=C/C=C3/N(CCCS(=O)(=O)O)c4ccc(N(CCCS(=O)(=O)O)CCCS(=O)(=O)O)cc4C3(C)C)/CCC2)=[N+](CCCCCC(=O)ON2C(=O)CCC2=O)c2ccc3ccccc3c21.[Na+].[Na+].[Na+].[Na+]. The molecule has 0 unspecified atom stereocenters. The molecule has 0 aromatic heterocycles. The molecule has 1 saturated heterocycles. The number of benzene rings is 4. The van der Waals surface area contributed by atoms with Crippen LogP contribution in [0.3, 0.4) is 0 Å². The number of unbranched alkanes of at least 4 members (excludes halogenated alkanes) is 2. The van der Waals surface area contributed by atoms with E-state index in [-0.39, 0.29) is 187 Å². The molecule has 1 aliphatic carbocycles. The monoisotopic (exact) mass is 1330 g/mol. The number of ether oxygens (including phenoxy) is 1. The van der Waals surface area contributed by atoms with E-state index in [2.05, 4.69) is 48.8 Å². The van der Waals surface area contributed by atoms with Crippen molar-refractivity contribution < 1.29 is 199 Å². The largest absolute Gasteiger partial charge is 1.00 e. The molecule has 0 bridgehead atoms. The van der Waals surface area contributed by atoms with Gasteiger partial charge in [0.1, 0.15) is 18.1 Å². The molecule has 29 heteroatoms. The Morgan fingerprint density at radius 1 is 0.670 bits per heavy atom. The van der Waals surface area contributed by atoms with E-state index in [1.807, 2.05) is 61.2 Å². The van der Waals surface area contributed by atoms with Gasteiger partial charge >= 0.3 is 124 Å². The maximum absolute atomic E-state index is 12.7. The van der Waals surface area contributed by atoms with Crippen LogP contribution in [0.15, 0.2) is 131 Å². The van der Waals surface area contributed by atoms with Crippen molar-refractivity contribution in [2.24, 2.45) is 0 Å². The zero-order valence-corrected chi connectivity index (χ0v) is 62.5. The second kappa shape index (κ2) is 32.5. The number of nitrogens with zero attached hydrogens (tertiary/aromatic N) is 4. The van der Waals surface area contributed by atoms with Crippen LogP contribution in [0.1, 0.15) is 116 Å². The van der Waals surface area contributed by atoms with Gasteiger partial charge in [-0.3, -0.25) is 27.8 Å². The number of carbonyl (C=O) groups excluding carboxylic acids is 3. The van der Waals surface area contributed by atoms with E-state index in [1.54, 1.807) is 11.0 Å². The van der Waals surface area contributed by atoms with Gasteiger partial charge in [0.15, 0.2) is 5.71 Å². The average molecular weight is 1330 g/mol. The first kappa shape index (κ1) is 77.9. The van der Waals surface area contributed by atoms with Crippen LogP contribution in [0, 0.1) is 0 Å². The Hall–Kier alpha value is -2.58. The Bertz CT molecular complexity index is 3840. The number of allylic oxidation sites excluding steroid dienone is 7. The third-order valence-corrected chi connectivity index (χ3v) is 18.9. The van der Waals surface area contributed by atoms with Crippen molar-refractivity contribution in [3.05, 3.63) is 137 Å². The Kier molecular flexibility index (Phi) is 28.8. The number of hydroxylamine groups is 2. The van der Waals surface area contributed by atoms with Gasteiger partial charge in [0.2, 0.25) is 5.69 Å². The number of hydrogen-bond donors (Lipinski definition) is 4. The van der Waals surface area contributed by atoms with Crippen LogP contribution in [-0.2, 0) is 70.5 Å². The summed E-state index contributed by atoms with van der Waals surface area (Å²) in [5.41, 5.74) is 6.22. The van der Waals surface area contributed by atoms with Crippen LogP contribution in [0.4, 0.5) is 17.1 Å². The number of amides is 2. The van der Waals surface area contributed by atoms with Crippen molar-refractivity contribution in [1.29, 1.82) is 0 Å². The van der Waals surface area contributed by atoms with Gasteiger partial charge in [-0.05, 0) is 153 Å². The third kappa shape index (κ3) is 20.0. The Morgan fingerprint density at radius 3 is 1.90 bits per heavy atom. The van der Waals surface area contributed by atoms with Gasteiger partial charge in [0, 0.05) is 85.5 Å². The van der Waals surface area contributed by atoms with Crippen molar-refractivity contribution in [3.8, 4) is 5.75 Å². The number of rotatable bonds is 26. The summed E-state index contributed by atoms with van der Waals surface area (Å²) in [5, 5.41) is 2.73. The molecule has 3 aliphatic heterocycles. The minimum atomic E-state index is -4.53. The summed E-state index contributed by atoms with van der Waals surface area (Å²) in [7, 11) is -17.5. The molecule has 4 N–H and O–H groups in total. The van der Waals surface area contributed by atoms with Crippen LogP contribution in [0.25, 0.3) is 10.8 Å². The zero-order valence-electron chi connectivity index (χ0n) is 51.3. The standard InChI is InChI=1S/C59H70N4O17S4.4Na/c1-58(2)48-40-44(60(33-11-37-81(67,68)69)34-12-38-82(70,71)72)22-28-49(48)61(36-13-39-83(73,74)75)51(58)29-20-42-15-10-16-43(57(42)79-45-23-25-46(26-24-45)84(76,77)78)21-30-52-59(3,4)56-47-17-8-7-14-41(47)19-27-50(56)62(52)35-9-5-6-18-55(66)80-63-53(64)31-32-54(63)65;;;;/h7-8,14,17,19-30,40H,5-6,9-13,15-16,18,31-39H2,1-4H3,(H3-,67,68,69,70,71,72,73,74,75,76,77,78);;;;/q;4*+1/p+1. The van der Waals surface area contributed by atoms with Gasteiger partial charge in [-0.2, -0.15) is 38.2 Å². The van der Waals surface area contributed by atoms with Crippen LogP contribution in [-0.4, -0.2) is 128 Å². The number of anilines is 2. The molecular formula is C59H71N4Na4O17S4+5. The van der Waals surface area contributed by atoms with Gasteiger partial charge in [-0.1, -0.05) is 44.2 Å². The molecule has 452 valence electrons. The van der Waals surface area contributed by atoms with Crippen LogP contribution < -0.4 is 133 Å². The fraction of sp³-hybridized carbons (Fsp3) is 0.424. The summed E-state index contributed by atoms with van der Waals surface area (Å²) in [6, 6.07) is 23.3. The molecule has 3 heterocycles. The maximum Gasteiger partial charge on any atom is 1.00 e. The first-order chi connectivity index (χ1) is 39.4. The van der Waals surface area contributed by atoms with E-state index < -0.39 is 86.3 Å². The second-order valence-electron chi connectivity index (χ2n) is 22.4. The van der Waals surface area contributed by atoms with E-state index >= 15 is 0 Å². The quantitative estimate of drug-likeness (QED) is 0.0160. The third-order valence-electron chi connectivity index (χ3n) is 15.6. The van der Waals surface area contributed by atoms with Crippen molar-refractivity contribution in [1.82, 2.24) is 5.06 Å². The van der Waals surface area contributed by atoms with Gasteiger partial charge in [0.25, 0.3) is 52.3 Å². The molecule has 4 aliphatic rings. The Labute approximate surface area is 604 Å². The molecule has 4 aromatic rings. The Balaban J connectivity index is 0.00000414. The van der Waals surface area contributed by atoms with Crippen LogP contribution >= 0.6 is 0 Å². The zero-order chi connectivity index (χ0) is 61.0. The van der Waals surface area contributed by atoms with Gasteiger partial charge in [-0.25, -0.2) is 4.79 Å². The summed E-state index contributed by atoms with van der Waals surface area (Å²) in [6.45, 7) is 9.25. The fourth-order valence-electron chi connectivity index (χ4n) is 11.6. The van der Waals surface area contributed by atoms with Crippen molar-refractivity contribution >= 4 is 91.8 Å². The number of imide groups is 1. The van der Waals surface area contributed by atoms with E-state index in [9.17, 15) is 66.3 Å². The molecule has 1 fully saturated rings. The van der Waals surface area contributed by atoms with E-state index in [4.69, 9.17) is 9.57 Å². The Morgan fingerprint density at radius 2 is 1.28 bits per heavy atom. The summed E-state index contributed by atoms with van der Waals surface area (Å²) in [6.07, 6.45) is 11.6. The summed E-state index contributed by atoms with van der Waals surface area (Å²) in [5.74, 6) is -2.57. The molecule has 8 rings (SSSR count).